The molecule has 0 spiro atoms. The van der Waals surface area contributed by atoms with Gasteiger partial charge in [-0.2, -0.15) is 0 Å². The molecule has 0 aromatic carbocycles. The van der Waals surface area contributed by atoms with Gasteiger partial charge in [-0.05, 0) is 32.3 Å². The summed E-state index contributed by atoms with van der Waals surface area (Å²) in [7, 11) is 0. The molecule has 3 N–H and O–H groups in total. The van der Waals surface area contributed by atoms with Gasteiger partial charge in [0.05, 0.1) is 10.6 Å². The zero-order valence-electron chi connectivity index (χ0n) is 9.29. The fraction of sp³-hybridized carbons (Fsp3) is 0.455. The quantitative estimate of drug-likeness (QED) is 0.587. The number of carbonyl (C=O) groups is 1. The minimum Gasteiger partial charge on any atom is -0.469 e. The highest BCUT2D eigenvalue weighted by Crippen LogP contribution is 2.05. The third-order valence-electron chi connectivity index (χ3n) is 2.13. The van der Waals surface area contributed by atoms with Crippen molar-refractivity contribution in [3.8, 4) is 0 Å². The van der Waals surface area contributed by atoms with Crippen LogP contribution in [0.2, 0.25) is 0 Å². The lowest BCUT2D eigenvalue weighted by Gasteiger charge is -2.02. The molecule has 0 unspecified atom stereocenters. The first kappa shape index (κ1) is 12.7. The Bertz CT molecular complexity index is 374. The van der Waals surface area contributed by atoms with Crippen LogP contribution in [-0.4, -0.2) is 17.4 Å². The predicted molar refractivity (Wildman–Crippen MR) is 66.4 cm³/mol. The normalized spacial score (nSPS) is 10.1. The first-order chi connectivity index (χ1) is 7.59. The molecule has 0 fully saturated rings. The molecule has 0 aliphatic carbocycles. The molecule has 1 aromatic heterocycles. The molecular weight excluding hydrogens is 224 g/mol. The fourth-order valence-electron chi connectivity index (χ4n) is 1.29. The van der Waals surface area contributed by atoms with E-state index in [9.17, 15) is 4.79 Å². The highest BCUT2D eigenvalue weighted by atomic mass is 32.1. The Kier molecular flexibility index (Phi) is 4.98. The smallest absolute Gasteiger partial charge is 0.254 e. The molecule has 88 valence electrons. The number of thiocarbonyl (C=S) groups is 1. The number of nitrogens with two attached hydrogens (primary N) is 1. The van der Waals surface area contributed by atoms with Gasteiger partial charge >= 0.3 is 0 Å². The maximum Gasteiger partial charge on any atom is 0.254 e. The summed E-state index contributed by atoms with van der Waals surface area (Å²) in [6.07, 6.45) is 3.97. The molecule has 0 saturated carbocycles. The molecule has 0 aliphatic heterocycles. The molecule has 0 atom stereocenters. The average molecular weight is 240 g/mol. The zero-order chi connectivity index (χ0) is 12.0. The summed E-state index contributed by atoms with van der Waals surface area (Å²) in [4.78, 5) is 12.1. The van der Waals surface area contributed by atoms with Crippen LogP contribution in [0.15, 0.2) is 16.7 Å². The van der Waals surface area contributed by atoms with Crippen molar-refractivity contribution < 1.29 is 9.21 Å². The zero-order valence-corrected chi connectivity index (χ0v) is 10.1. The van der Waals surface area contributed by atoms with Gasteiger partial charge in [0.25, 0.3) is 5.91 Å². The monoisotopic (exact) mass is 240 g/mol. The van der Waals surface area contributed by atoms with Crippen LogP contribution < -0.4 is 11.1 Å². The lowest BCUT2D eigenvalue weighted by atomic mass is 10.2. The number of rotatable bonds is 6. The van der Waals surface area contributed by atoms with Crippen molar-refractivity contribution in [2.75, 3.05) is 6.54 Å². The lowest BCUT2D eigenvalue weighted by molar-refractivity contribution is 0.0952. The Balaban J connectivity index is 2.18. The Labute approximate surface area is 100 Å². The van der Waals surface area contributed by atoms with E-state index in [2.05, 4.69) is 5.32 Å². The van der Waals surface area contributed by atoms with Gasteiger partial charge in [-0.15, -0.1) is 0 Å². The van der Waals surface area contributed by atoms with E-state index in [1.54, 1.807) is 13.0 Å². The van der Waals surface area contributed by atoms with Gasteiger partial charge in [-0.3, -0.25) is 4.79 Å². The molecule has 0 bridgehead atoms. The number of furan rings is 1. The lowest BCUT2D eigenvalue weighted by Crippen LogP contribution is -2.24. The van der Waals surface area contributed by atoms with Crippen LogP contribution >= 0.6 is 12.2 Å². The minimum absolute atomic E-state index is 0.104. The molecule has 1 heterocycles. The largest absolute Gasteiger partial charge is 0.469 e. The predicted octanol–water partition coefficient (Wildman–Crippen LogP) is 1.77. The van der Waals surface area contributed by atoms with E-state index in [1.807, 2.05) is 0 Å². The first-order valence-electron chi connectivity index (χ1n) is 5.21. The molecule has 0 aliphatic rings. The summed E-state index contributed by atoms with van der Waals surface area (Å²) in [6, 6.07) is 1.71. The molecule has 0 radical (unpaired) electrons. The second-order valence-corrected chi connectivity index (χ2v) is 4.15. The fourth-order valence-corrected chi connectivity index (χ4v) is 1.44. The van der Waals surface area contributed by atoms with Crippen LogP contribution in [0.3, 0.4) is 0 Å². The number of nitrogens with one attached hydrogen (secondary N) is 1. The van der Waals surface area contributed by atoms with Crippen molar-refractivity contribution >= 4 is 23.1 Å². The van der Waals surface area contributed by atoms with Gasteiger partial charge < -0.3 is 15.5 Å². The van der Waals surface area contributed by atoms with E-state index >= 15 is 0 Å². The maximum absolute atomic E-state index is 11.5. The maximum atomic E-state index is 11.5. The molecular formula is C11H16N2O2S. The van der Waals surface area contributed by atoms with E-state index in [0.29, 0.717) is 17.1 Å². The Hall–Kier alpha value is -1.36. The van der Waals surface area contributed by atoms with Gasteiger partial charge in [0.2, 0.25) is 0 Å². The second kappa shape index (κ2) is 6.27. The molecule has 16 heavy (non-hydrogen) atoms. The summed E-state index contributed by atoms with van der Waals surface area (Å²) in [5.41, 5.74) is 5.92. The van der Waals surface area contributed by atoms with Gasteiger partial charge in [0.1, 0.15) is 12.0 Å². The summed E-state index contributed by atoms with van der Waals surface area (Å²) < 4.78 is 5.05. The standard InChI is InChI=1S/C11H16N2O2S/c1-8-6-9(7-15-8)11(14)13-5-3-2-4-10(12)16/h6-7H,2-5H2,1H3,(H2,12,16)(H,13,14). The van der Waals surface area contributed by atoms with Crippen LogP contribution in [0.5, 0.6) is 0 Å². The Morgan fingerprint density at radius 1 is 1.56 bits per heavy atom. The van der Waals surface area contributed by atoms with E-state index in [4.69, 9.17) is 22.4 Å². The second-order valence-electron chi connectivity index (χ2n) is 3.63. The first-order valence-corrected chi connectivity index (χ1v) is 5.62. The summed E-state index contributed by atoms with van der Waals surface area (Å²) in [5, 5.41) is 2.80. The summed E-state index contributed by atoms with van der Waals surface area (Å²) >= 11 is 4.75. The SMILES string of the molecule is Cc1cc(C(=O)NCCCCC(N)=S)co1. The highest BCUT2D eigenvalue weighted by Gasteiger charge is 2.07. The van der Waals surface area contributed by atoms with Crippen LogP contribution in [0.1, 0.15) is 35.4 Å². The number of amides is 1. The van der Waals surface area contributed by atoms with Crippen LogP contribution in [0, 0.1) is 6.92 Å². The van der Waals surface area contributed by atoms with E-state index < -0.39 is 0 Å². The van der Waals surface area contributed by atoms with E-state index in [-0.39, 0.29) is 5.91 Å². The topological polar surface area (TPSA) is 68.3 Å². The molecule has 0 saturated heterocycles. The molecule has 1 aromatic rings. The van der Waals surface area contributed by atoms with E-state index in [0.717, 1.165) is 25.0 Å². The molecule has 1 rings (SSSR count). The van der Waals surface area contributed by atoms with Crippen molar-refractivity contribution in [1.82, 2.24) is 5.32 Å². The van der Waals surface area contributed by atoms with Crippen LogP contribution in [-0.2, 0) is 0 Å². The molecule has 5 heteroatoms. The van der Waals surface area contributed by atoms with Crippen LogP contribution in [0.4, 0.5) is 0 Å². The van der Waals surface area contributed by atoms with Crippen molar-refractivity contribution in [3.63, 3.8) is 0 Å². The van der Waals surface area contributed by atoms with Crippen molar-refractivity contribution in [2.45, 2.75) is 26.2 Å². The Morgan fingerprint density at radius 3 is 2.88 bits per heavy atom. The number of unbranched alkanes of at least 4 members (excludes halogenated alkanes) is 1. The van der Waals surface area contributed by atoms with Crippen molar-refractivity contribution in [1.29, 1.82) is 0 Å². The number of carbonyl (C=O) groups excluding carboxylic acids is 1. The van der Waals surface area contributed by atoms with Gasteiger partial charge in [-0.25, -0.2) is 0 Å². The number of hydrogen-bond acceptors (Lipinski definition) is 3. The van der Waals surface area contributed by atoms with Gasteiger partial charge in [-0.1, -0.05) is 12.2 Å². The molecule has 1 amide bonds. The summed E-state index contributed by atoms with van der Waals surface area (Å²) in [5.74, 6) is 0.630. The van der Waals surface area contributed by atoms with Gasteiger partial charge in [0.15, 0.2) is 0 Å². The third kappa shape index (κ3) is 4.44. The Morgan fingerprint density at radius 2 is 2.31 bits per heavy atom. The van der Waals surface area contributed by atoms with Crippen molar-refractivity contribution in [3.05, 3.63) is 23.7 Å². The van der Waals surface area contributed by atoms with Crippen molar-refractivity contribution in [2.24, 2.45) is 5.73 Å². The van der Waals surface area contributed by atoms with E-state index in [1.165, 1.54) is 6.26 Å². The average Bonchev–Trinajstić information content (AvgIpc) is 2.63. The van der Waals surface area contributed by atoms with Crippen LogP contribution in [0.25, 0.3) is 0 Å². The number of aryl methyl sites for hydroxylation is 1. The molecule has 4 nitrogen and oxygen atoms in total. The third-order valence-corrected chi connectivity index (χ3v) is 2.33. The summed E-state index contributed by atoms with van der Waals surface area (Å²) in [6.45, 7) is 2.44. The minimum atomic E-state index is -0.104. The number of hydrogen-bond donors (Lipinski definition) is 2. The van der Waals surface area contributed by atoms with Gasteiger partial charge in [0, 0.05) is 6.54 Å². The highest BCUT2D eigenvalue weighted by molar-refractivity contribution is 7.80.